The van der Waals surface area contributed by atoms with Gasteiger partial charge in [-0.2, -0.15) is 0 Å². The van der Waals surface area contributed by atoms with E-state index in [-0.39, 0.29) is 18.1 Å². The predicted octanol–water partition coefficient (Wildman–Crippen LogP) is 5.07. The summed E-state index contributed by atoms with van der Waals surface area (Å²) < 4.78 is 11.6. The fraction of sp³-hybridized carbons (Fsp3) is 0.357. The smallest absolute Gasteiger partial charge is 0.408 e. The highest BCUT2D eigenvalue weighted by molar-refractivity contribution is 5.98. The van der Waals surface area contributed by atoms with Crippen molar-refractivity contribution in [2.24, 2.45) is 0 Å². The van der Waals surface area contributed by atoms with Gasteiger partial charge in [0.05, 0.1) is 5.69 Å². The summed E-state index contributed by atoms with van der Waals surface area (Å²) in [6.45, 7) is 5.75. The highest BCUT2D eigenvalue weighted by Crippen LogP contribution is 2.46. The van der Waals surface area contributed by atoms with Crippen LogP contribution in [0.4, 0.5) is 10.5 Å². The molecule has 0 bridgehead atoms. The molecule has 0 unspecified atom stereocenters. The topological polar surface area (TPSA) is 93.7 Å². The molecular weight excluding hydrogens is 456 g/mol. The summed E-state index contributed by atoms with van der Waals surface area (Å²) in [7, 11) is 1.72. The van der Waals surface area contributed by atoms with E-state index in [1.165, 1.54) is 0 Å². The van der Waals surface area contributed by atoms with Crippen LogP contribution in [-0.2, 0) is 15.1 Å². The number of ether oxygens (including phenoxy) is 2. The molecule has 0 spiro atoms. The van der Waals surface area contributed by atoms with Crippen LogP contribution in [0.3, 0.4) is 0 Å². The third kappa shape index (κ3) is 4.51. The summed E-state index contributed by atoms with van der Waals surface area (Å²) in [4.78, 5) is 35.4. The second kappa shape index (κ2) is 8.93. The minimum Gasteiger partial charge on any atom is -0.466 e. The van der Waals surface area contributed by atoms with Crippen LogP contribution in [0.15, 0.2) is 54.9 Å². The molecular formula is C28H30N4O4. The minimum atomic E-state index is -0.616. The van der Waals surface area contributed by atoms with Crippen molar-refractivity contribution < 1.29 is 19.1 Å². The molecule has 0 radical (unpaired) electrons. The van der Waals surface area contributed by atoms with Crippen molar-refractivity contribution in [1.29, 1.82) is 0 Å². The molecule has 1 saturated carbocycles. The maximum absolute atomic E-state index is 12.5. The van der Waals surface area contributed by atoms with Crippen LogP contribution in [0.1, 0.15) is 45.6 Å². The van der Waals surface area contributed by atoms with Crippen molar-refractivity contribution in [2.45, 2.75) is 51.2 Å². The Hall–Kier alpha value is -3.94. The molecule has 2 aliphatic rings. The zero-order chi connectivity index (χ0) is 25.5. The van der Waals surface area contributed by atoms with Crippen molar-refractivity contribution in [3.63, 3.8) is 0 Å². The number of fused-ring (bicyclic) bond motifs is 1. The molecule has 1 N–H and O–H groups in total. The lowest BCUT2D eigenvalue weighted by Crippen LogP contribution is -2.47. The number of amides is 2. The van der Waals surface area contributed by atoms with Crippen LogP contribution >= 0.6 is 0 Å². The molecule has 0 saturated heterocycles. The first-order valence-corrected chi connectivity index (χ1v) is 12.1. The van der Waals surface area contributed by atoms with Gasteiger partial charge in [0.1, 0.15) is 11.3 Å². The monoisotopic (exact) mass is 486 g/mol. The summed E-state index contributed by atoms with van der Waals surface area (Å²) in [5.41, 5.74) is 3.95. The lowest BCUT2D eigenvalue weighted by molar-refractivity contribution is -0.121. The Balaban J connectivity index is 1.51. The van der Waals surface area contributed by atoms with E-state index in [0.717, 1.165) is 47.2 Å². The largest absolute Gasteiger partial charge is 0.466 e. The number of likely N-dealkylation sites (N-methyl/N-ethyl adjacent to an activating group) is 1. The van der Waals surface area contributed by atoms with E-state index in [0.29, 0.717) is 11.6 Å². The van der Waals surface area contributed by atoms with Gasteiger partial charge in [0.2, 0.25) is 5.88 Å². The van der Waals surface area contributed by atoms with Gasteiger partial charge in [-0.15, -0.1) is 0 Å². The minimum absolute atomic E-state index is 0.0440. The molecule has 3 heterocycles. The lowest BCUT2D eigenvalue weighted by Gasteiger charge is -2.42. The Labute approximate surface area is 210 Å². The van der Waals surface area contributed by atoms with E-state index in [1.54, 1.807) is 24.3 Å². The number of anilines is 1. The van der Waals surface area contributed by atoms with E-state index in [9.17, 15) is 9.59 Å². The molecule has 1 aromatic carbocycles. The highest BCUT2D eigenvalue weighted by Gasteiger charge is 2.43. The van der Waals surface area contributed by atoms with Crippen LogP contribution in [-0.4, -0.2) is 41.2 Å². The Kier molecular flexibility index (Phi) is 5.90. The summed E-state index contributed by atoms with van der Waals surface area (Å²) in [5.74, 6) is 0.293. The average Bonchev–Trinajstić information content (AvgIpc) is 2.83. The summed E-state index contributed by atoms with van der Waals surface area (Å²) >= 11 is 0. The number of carbonyl (C=O) groups excluding carboxylic acids is 2. The second-order valence-corrected chi connectivity index (χ2v) is 10.4. The average molecular weight is 487 g/mol. The van der Waals surface area contributed by atoms with Gasteiger partial charge >= 0.3 is 6.09 Å². The van der Waals surface area contributed by atoms with Crippen LogP contribution in [0.2, 0.25) is 0 Å². The first-order chi connectivity index (χ1) is 17.2. The van der Waals surface area contributed by atoms with Crippen LogP contribution < -0.4 is 15.0 Å². The van der Waals surface area contributed by atoms with Crippen LogP contribution in [0.25, 0.3) is 22.4 Å². The SMILES string of the molecule is CN1C(=O)COc2nc(-c3ccc(C4(OC(=O)NC(C)(C)C)CCC4)cc3)c(-c3cccnc3)cc21. The Bertz CT molecular complexity index is 1300. The van der Waals surface area contributed by atoms with E-state index in [1.807, 2.05) is 63.2 Å². The summed E-state index contributed by atoms with van der Waals surface area (Å²) in [5, 5.41) is 2.89. The molecule has 8 nitrogen and oxygen atoms in total. The van der Waals surface area contributed by atoms with E-state index in [2.05, 4.69) is 10.3 Å². The molecule has 1 fully saturated rings. The quantitative estimate of drug-likeness (QED) is 0.553. The summed E-state index contributed by atoms with van der Waals surface area (Å²) in [6.07, 6.45) is 5.67. The molecule has 2 amide bonds. The second-order valence-electron chi connectivity index (χ2n) is 10.4. The van der Waals surface area contributed by atoms with Crippen molar-refractivity contribution >= 4 is 17.7 Å². The van der Waals surface area contributed by atoms with Gasteiger partial charge < -0.3 is 19.7 Å². The van der Waals surface area contributed by atoms with Crippen molar-refractivity contribution in [1.82, 2.24) is 15.3 Å². The van der Waals surface area contributed by atoms with Gasteiger partial charge in [0.15, 0.2) is 6.61 Å². The number of alkyl carbamates (subject to hydrolysis) is 1. The number of hydrogen-bond acceptors (Lipinski definition) is 6. The molecule has 1 aliphatic carbocycles. The first-order valence-electron chi connectivity index (χ1n) is 12.1. The van der Waals surface area contributed by atoms with Crippen molar-refractivity contribution in [3.8, 4) is 28.3 Å². The molecule has 0 atom stereocenters. The van der Waals surface area contributed by atoms with E-state index in [4.69, 9.17) is 14.5 Å². The summed E-state index contributed by atoms with van der Waals surface area (Å²) in [6, 6.07) is 13.7. The number of nitrogens with zero attached hydrogens (tertiary/aromatic N) is 3. The number of benzene rings is 1. The zero-order valence-electron chi connectivity index (χ0n) is 21.0. The third-order valence-corrected chi connectivity index (χ3v) is 6.62. The molecule has 186 valence electrons. The van der Waals surface area contributed by atoms with Gasteiger partial charge in [-0.05, 0) is 57.7 Å². The highest BCUT2D eigenvalue weighted by atomic mass is 16.6. The van der Waals surface area contributed by atoms with Gasteiger partial charge in [-0.1, -0.05) is 30.3 Å². The number of pyridine rings is 2. The van der Waals surface area contributed by atoms with Crippen molar-refractivity contribution in [3.05, 3.63) is 60.4 Å². The Morgan fingerprint density at radius 2 is 1.89 bits per heavy atom. The first kappa shape index (κ1) is 23.8. The number of aromatic nitrogens is 2. The molecule has 3 aromatic rings. The number of nitrogens with one attached hydrogen (secondary N) is 1. The van der Waals surface area contributed by atoms with Crippen molar-refractivity contribution in [2.75, 3.05) is 18.6 Å². The number of hydrogen-bond donors (Lipinski definition) is 1. The Morgan fingerprint density at radius 1 is 1.14 bits per heavy atom. The molecule has 8 heteroatoms. The lowest BCUT2D eigenvalue weighted by atomic mass is 9.74. The fourth-order valence-corrected chi connectivity index (χ4v) is 4.54. The normalized spacial score (nSPS) is 16.4. The fourth-order valence-electron chi connectivity index (χ4n) is 4.54. The van der Waals surface area contributed by atoms with E-state index < -0.39 is 11.7 Å². The predicted molar refractivity (Wildman–Crippen MR) is 137 cm³/mol. The Morgan fingerprint density at radius 3 is 2.50 bits per heavy atom. The van der Waals surface area contributed by atoms with Crippen LogP contribution in [0, 0.1) is 0 Å². The third-order valence-electron chi connectivity index (χ3n) is 6.62. The van der Waals surface area contributed by atoms with Gasteiger partial charge in [-0.25, -0.2) is 9.78 Å². The molecule has 5 rings (SSSR count). The maximum atomic E-state index is 12.5. The van der Waals surface area contributed by atoms with Gasteiger partial charge in [-0.3, -0.25) is 9.78 Å². The maximum Gasteiger partial charge on any atom is 0.408 e. The van der Waals surface area contributed by atoms with E-state index >= 15 is 0 Å². The van der Waals surface area contributed by atoms with Crippen LogP contribution in [0.5, 0.6) is 5.88 Å². The van der Waals surface area contributed by atoms with Gasteiger partial charge in [0, 0.05) is 41.7 Å². The standard InChI is InChI=1S/C28H30N4O4/c1-27(2,3)31-26(34)36-28(12-6-13-28)20-10-8-18(9-11-20)24-21(19-7-5-14-29-16-19)15-22-25(30-24)35-17-23(33)32(22)4/h5,7-11,14-16H,6,12-13,17H2,1-4H3,(H,31,34). The molecule has 2 aromatic heterocycles. The number of rotatable bonds is 4. The molecule has 1 aliphatic heterocycles. The van der Waals surface area contributed by atoms with Gasteiger partial charge in [0.25, 0.3) is 5.91 Å². The zero-order valence-corrected chi connectivity index (χ0v) is 21.0. The number of carbonyl (C=O) groups is 2. The molecule has 36 heavy (non-hydrogen) atoms.